The summed E-state index contributed by atoms with van der Waals surface area (Å²) < 4.78 is 0. The molecule has 1 aliphatic heterocycles. The van der Waals surface area contributed by atoms with Crippen LogP contribution in [-0.4, -0.2) is 13.1 Å². The van der Waals surface area contributed by atoms with Crippen LogP contribution in [0, 0.1) is 18.9 Å². The van der Waals surface area contributed by atoms with Gasteiger partial charge in [0.1, 0.15) is 0 Å². The molecule has 0 radical (unpaired) electrons. The number of nitrogens with one attached hydrogen (secondary N) is 1. The minimum Gasteiger partial charge on any atom is -0.467 e. The van der Waals surface area contributed by atoms with Gasteiger partial charge in [-0.05, 0) is 6.42 Å². The molecule has 1 heteroatoms. The first-order valence-corrected chi connectivity index (χ1v) is 3.03. The molecule has 2 atom stereocenters. The standard InChI is InChI=1S/C6H11N/c1-7-3-5-2-6(5)4-7/h5-7H,1-4H2. The van der Waals surface area contributed by atoms with E-state index in [1.54, 1.807) is 0 Å². The quantitative estimate of drug-likeness (QED) is 0.382. The topological polar surface area (TPSA) is 4.44 Å². The van der Waals surface area contributed by atoms with E-state index in [1.165, 1.54) is 24.4 Å². The summed E-state index contributed by atoms with van der Waals surface area (Å²) >= 11 is 0. The lowest BCUT2D eigenvalue weighted by Crippen LogP contribution is -3.05. The van der Waals surface area contributed by atoms with Crippen LogP contribution in [0.15, 0.2) is 0 Å². The molecule has 1 aliphatic carbocycles. The van der Waals surface area contributed by atoms with Crippen molar-refractivity contribution >= 4 is 0 Å². The minimum absolute atomic E-state index is 1.09. The van der Waals surface area contributed by atoms with Crippen LogP contribution in [0.25, 0.3) is 0 Å². The Morgan fingerprint density at radius 3 is 2.14 bits per heavy atom. The molecule has 2 aliphatic rings. The molecule has 0 aromatic rings. The number of rotatable bonds is 0. The van der Waals surface area contributed by atoms with E-state index in [-0.39, 0.29) is 0 Å². The van der Waals surface area contributed by atoms with Crippen molar-refractivity contribution in [2.45, 2.75) is 6.42 Å². The summed E-state index contributed by atoms with van der Waals surface area (Å²) in [5, 5.41) is 0. The third-order valence-electron chi connectivity index (χ3n) is 2.17. The molecule has 1 heterocycles. The molecule has 40 valence electrons. The van der Waals surface area contributed by atoms with Crippen LogP contribution in [0.2, 0.25) is 0 Å². The highest BCUT2D eigenvalue weighted by Crippen LogP contribution is 2.38. The van der Waals surface area contributed by atoms with E-state index in [9.17, 15) is 0 Å². The van der Waals surface area contributed by atoms with Gasteiger partial charge in [-0.25, -0.2) is 0 Å². The van der Waals surface area contributed by atoms with E-state index in [0.29, 0.717) is 0 Å². The Balaban J connectivity index is 2.02. The molecular weight excluding hydrogens is 86.1 g/mol. The third-order valence-corrected chi connectivity index (χ3v) is 2.17. The molecule has 0 spiro atoms. The molecule has 1 saturated heterocycles. The average Bonchev–Trinajstić information content (AvgIpc) is 2.15. The maximum absolute atomic E-state index is 3.93. The van der Waals surface area contributed by atoms with Crippen molar-refractivity contribution in [2.75, 3.05) is 13.1 Å². The Kier molecular flexibility index (Phi) is 0.571. The summed E-state index contributed by atoms with van der Waals surface area (Å²) in [6.45, 7) is 2.70. The fourth-order valence-electron chi connectivity index (χ4n) is 1.64. The number of quaternary nitrogens is 1. The SMILES string of the molecule is [CH2-][NH+]1CC2CC2C1. The van der Waals surface area contributed by atoms with Gasteiger partial charge in [-0.1, -0.05) is 0 Å². The van der Waals surface area contributed by atoms with E-state index < -0.39 is 0 Å². The summed E-state index contributed by atoms with van der Waals surface area (Å²) in [7, 11) is 3.93. The molecule has 0 amide bonds. The molecule has 1 saturated carbocycles. The van der Waals surface area contributed by atoms with Gasteiger partial charge in [0, 0.05) is 11.8 Å². The van der Waals surface area contributed by atoms with E-state index in [4.69, 9.17) is 0 Å². The fourth-order valence-corrected chi connectivity index (χ4v) is 1.64. The average molecular weight is 97.2 g/mol. The summed E-state index contributed by atoms with van der Waals surface area (Å²) in [5.74, 6) is 2.18. The zero-order valence-corrected chi connectivity index (χ0v) is 4.48. The predicted molar refractivity (Wildman–Crippen MR) is 27.7 cm³/mol. The second kappa shape index (κ2) is 1.03. The summed E-state index contributed by atoms with van der Waals surface area (Å²) in [6.07, 6.45) is 1.51. The summed E-state index contributed by atoms with van der Waals surface area (Å²) in [6, 6.07) is 0. The van der Waals surface area contributed by atoms with Gasteiger partial charge in [-0.3, -0.25) is 0 Å². The Morgan fingerprint density at radius 2 is 1.86 bits per heavy atom. The van der Waals surface area contributed by atoms with Crippen LogP contribution in [0.3, 0.4) is 0 Å². The molecule has 2 fully saturated rings. The Hall–Kier alpha value is -0.0400. The molecule has 0 aromatic carbocycles. The second-order valence-corrected chi connectivity index (χ2v) is 2.91. The van der Waals surface area contributed by atoms with E-state index >= 15 is 0 Å². The molecule has 7 heavy (non-hydrogen) atoms. The lowest BCUT2D eigenvalue weighted by molar-refractivity contribution is -0.845. The summed E-state index contributed by atoms with van der Waals surface area (Å²) in [4.78, 5) is 1.50. The van der Waals surface area contributed by atoms with Gasteiger partial charge in [0.25, 0.3) is 0 Å². The van der Waals surface area contributed by atoms with Crippen LogP contribution in [0.4, 0.5) is 0 Å². The highest BCUT2D eigenvalue weighted by Gasteiger charge is 2.45. The first-order chi connectivity index (χ1) is 3.36. The number of piperidine rings is 1. The van der Waals surface area contributed by atoms with Gasteiger partial charge in [-0.15, -0.1) is 0 Å². The van der Waals surface area contributed by atoms with E-state index in [2.05, 4.69) is 7.05 Å². The normalized spacial score (nSPS) is 57.0. The number of hydrogen-bond donors (Lipinski definition) is 1. The third kappa shape index (κ3) is 0.480. The van der Waals surface area contributed by atoms with Gasteiger partial charge in [0.2, 0.25) is 0 Å². The monoisotopic (exact) mass is 97.1 g/mol. The molecule has 0 bridgehead atoms. The number of fused-ring (bicyclic) bond motifs is 1. The van der Waals surface area contributed by atoms with Crippen LogP contribution in [0.5, 0.6) is 0 Å². The zero-order chi connectivity index (χ0) is 4.85. The first kappa shape index (κ1) is 3.90. The van der Waals surface area contributed by atoms with Gasteiger partial charge in [-0.2, -0.15) is 7.05 Å². The zero-order valence-electron chi connectivity index (χ0n) is 4.48. The largest absolute Gasteiger partial charge is 0.467 e. The lowest BCUT2D eigenvalue weighted by Gasteiger charge is -2.13. The van der Waals surface area contributed by atoms with Crippen LogP contribution < -0.4 is 4.90 Å². The van der Waals surface area contributed by atoms with Crippen molar-refractivity contribution in [2.24, 2.45) is 11.8 Å². The van der Waals surface area contributed by atoms with Gasteiger partial charge >= 0.3 is 0 Å². The van der Waals surface area contributed by atoms with Crippen molar-refractivity contribution in [1.82, 2.24) is 0 Å². The molecule has 2 unspecified atom stereocenters. The van der Waals surface area contributed by atoms with Gasteiger partial charge in [0.15, 0.2) is 0 Å². The van der Waals surface area contributed by atoms with E-state index in [0.717, 1.165) is 11.8 Å². The predicted octanol–water partition coefficient (Wildman–Crippen LogP) is -0.687. The van der Waals surface area contributed by atoms with Gasteiger partial charge in [0.05, 0.1) is 13.1 Å². The molecule has 1 N–H and O–H groups in total. The van der Waals surface area contributed by atoms with E-state index in [1.807, 2.05) is 0 Å². The van der Waals surface area contributed by atoms with Gasteiger partial charge < -0.3 is 4.90 Å². The Labute approximate surface area is 44.3 Å². The van der Waals surface area contributed by atoms with Crippen molar-refractivity contribution in [3.8, 4) is 0 Å². The highest BCUT2D eigenvalue weighted by molar-refractivity contribution is 4.88. The number of likely N-dealkylation sites (tertiary alicyclic amines) is 1. The maximum Gasteiger partial charge on any atom is 0.0564 e. The van der Waals surface area contributed by atoms with Crippen LogP contribution in [0.1, 0.15) is 6.42 Å². The van der Waals surface area contributed by atoms with Crippen LogP contribution in [-0.2, 0) is 0 Å². The molecular formula is C6H11N. The minimum atomic E-state index is 1.09. The fraction of sp³-hybridized carbons (Fsp3) is 0.833. The highest BCUT2D eigenvalue weighted by atomic mass is 15.1. The van der Waals surface area contributed by atoms with Crippen molar-refractivity contribution in [3.05, 3.63) is 7.05 Å². The van der Waals surface area contributed by atoms with Crippen molar-refractivity contribution in [3.63, 3.8) is 0 Å². The van der Waals surface area contributed by atoms with Crippen molar-refractivity contribution in [1.29, 1.82) is 0 Å². The van der Waals surface area contributed by atoms with Crippen molar-refractivity contribution < 1.29 is 4.90 Å². The lowest BCUT2D eigenvalue weighted by atomic mass is 10.4. The molecule has 1 nitrogen and oxygen atoms in total. The molecule has 0 aromatic heterocycles. The Morgan fingerprint density at radius 1 is 1.29 bits per heavy atom. The van der Waals surface area contributed by atoms with Crippen LogP contribution >= 0.6 is 0 Å². The summed E-state index contributed by atoms with van der Waals surface area (Å²) in [5.41, 5.74) is 0. The molecule has 2 rings (SSSR count). The number of hydrogen-bond acceptors (Lipinski definition) is 0. The Bertz CT molecular complexity index is 80.2. The smallest absolute Gasteiger partial charge is 0.0564 e. The first-order valence-electron chi connectivity index (χ1n) is 3.03. The second-order valence-electron chi connectivity index (χ2n) is 2.91. The maximum atomic E-state index is 3.93.